The second kappa shape index (κ2) is 6.18. The maximum atomic E-state index is 13.5. The Balaban J connectivity index is 1.82. The summed E-state index contributed by atoms with van der Waals surface area (Å²) in [6.45, 7) is 0. The molecule has 116 valence electrons. The minimum atomic E-state index is -0.720. The normalized spacial score (nSPS) is 10.6. The molecule has 4 nitrogen and oxygen atoms in total. The Hall–Kier alpha value is -2.73. The number of halogens is 3. The fourth-order valence-electron chi connectivity index (χ4n) is 1.99. The molecule has 1 heterocycles. The third-order valence-corrected chi connectivity index (χ3v) is 3.33. The van der Waals surface area contributed by atoms with Crippen LogP contribution in [0, 0.1) is 11.6 Å². The summed E-state index contributed by atoms with van der Waals surface area (Å²) >= 11 is 5.91. The van der Waals surface area contributed by atoms with Crippen LogP contribution in [0.15, 0.2) is 54.9 Å². The summed E-state index contributed by atoms with van der Waals surface area (Å²) in [5.74, 6) is -1.96. The number of hydrogen-bond acceptors (Lipinski definition) is 2. The Bertz CT molecular complexity index is 879. The smallest absolute Gasteiger partial charge is 0.258 e. The van der Waals surface area contributed by atoms with E-state index in [0.717, 1.165) is 18.2 Å². The van der Waals surface area contributed by atoms with Crippen LogP contribution >= 0.6 is 11.6 Å². The lowest BCUT2D eigenvalue weighted by atomic mass is 10.2. The molecule has 0 aliphatic heterocycles. The van der Waals surface area contributed by atoms with Crippen molar-refractivity contribution < 1.29 is 13.6 Å². The summed E-state index contributed by atoms with van der Waals surface area (Å²) < 4.78 is 28.1. The van der Waals surface area contributed by atoms with Crippen molar-refractivity contribution in [2.75, 3.05) is 5.32 Å². The molecule has 0 saturated heterocycles. The Morgan fingerprint density at radius 3 is 2.78 bits per heavy atom. The van der Waals surface area contributed by atoms with Crippen molar-refractivity contribution >= 4 is 23.2 Å². The first-order valence-corrected chi connectivity index (χ1v) is 6.98. The minimum Gasteiger partial charge on any atom is -0.319 e. The van der Waals surface area contributed by atoms with Crippen LogP contribution in [-0.2, 0) is 0 Å². The second-order valence-corrected chi connectivity index (χ2v) is 5.17. The molecule has 0 spiro atoms. The van der Waals surface area contributed by atoms with Crippen molar-refractivity contribution in [2.24, 2.45) is 0 Å². The van der Waals surface area contributed by atoms with Gasteiger partial charge in [0.2, 0.25) is 0 Å². The molecule has 1 amide bonds. The van der Waals surface area contributed by atoms with Gasteiger partial charge < -0.3 is 5.32 Å². The first-order valence-electron chi connectivity index (χ1n) is 6.60. The van der Waals surface area contributed by atoms with Crippen LogP contribution in [0.25, 0.3) is 5.69 Å². The molecule has 0 bridgehead atoms. The molecule has 1 N–H and O–H groups in total. The lowest BCUT2D eigenvalue weighted by Gasteiger charge is -2.05. The zero-order valence-electron chi connectivity index (χ0n) is 11.6. The predicted octanol–water partition coefficient (Wildman–Crippen LogP) is 4.06. The van der Waals surface area contributed by atoms with E-state index in [0.29, 0.717) is 10.7 Å². The number of benzene rings is 2. The first-order chi connectivity index (χ1) is 11.0. The molecule has 23 heavy (non-hydrogen) atoms. The van der Waals surface area contributed by atoms with Crippen molar-refractivity contribution in [3.63, 3.8) is 0 Å². The van der Waals surface area contributed by atoms with E-state index in [1.54, 1.807) is 24.3 Å². The lowest BCUT2D eigenvalue weighted by molar-refractivity contribution is 0.102. The van der Waals surface area contributed by atoms with Gasteiger partial charge in [0.15, 0.2) is 0 Å². The van der Waals surface area contributed by atoms with Gasteiger partial charge in [-0.2, -0.15) is 5.10 Å². The lowest BCUT2D eigenvalue weighted by Crippen LogP contribution is -2.12. The van der Waals surface area contributed by atoms with E-state index in [1.165, 1.54) is 17.1 Å². The zero-order chi connectivity index (χ0) is 16.4. The van der Waals surface area contributed by atoms with Crippen molar-refractivity contribution in [1.29, 1.82) is 0 Å². The van der Waals surface area contributed by atoms with E-state index < -0.39 is 17.5 Å². The highest BCUT2D eigenvalue weighted by atomic mass is 35.5. The predicted molar refractivity (Wildman–Crippen MR) is 82.9 cm³/mol. The maximum absolute atomic E-state index is 13.5. The fourth-order valence-corrected chi connectivity index (χ4v) is 2.17. The molecule has 0 unspecified atom stereocenters. The molecule has 0 saturated carbocycles. The highest BCUT2D eigenvalue weighted by Crippen LogP contribution is 2.18. The van der Waals surface area contributed by atoms with Gasteiger partial charge in [-0.15, -0.1) is 0 Å². The first kappa shape index (κ1) is 15.2. The van der Waals surface area contributed by atoms with Gasteiger partial charge in [-0.3, -0.25) is 4.79 Å². The summed E-state index contributed by atoms with van der Waals surface area (Å²) in [5, 5.41) is 6.90. The van der Waals surface area contributed by atoms with Crippen LogP contribution in [0.3, 0.4) is 0 Å². The van der Waals surface area contributed by atoms with Crippen molar-refractivity contribution in [1.82, 2.24) is 9.78 Å². The van der Waals surface area contributed by atoms with E-state index in [9.17, 15) is 13.6 Å². The maximum Gasteiger partial charge on any atom is 0.258 e. The van der Waals surface area contributed by atoms with Crippen molar-refractivity contribution in [3.8, 4) is 5.69 Å². The van der Waals surface area contributed by atoms with Crippen LogP contribution in [0.1, 0.15) is 10.4 Å². The largest absolute Gasteiger partial charge is 0.319 e. The summed E-state index contributed by atoms with van der Waals surface area (Å²) in [6, 6.07) is 9.75. The van der Waals surface area contributed by atoms with Gasteiger partial charge >= 0.3 is 0 Å². The fraction of sp³-hybridized carbons (Fsp3) is 0. The molecule has 0 radical (unpaired) electrons. The average molecular weight is 334 g/mol. The molecule has 1 aromatic heterocycles. The zero-order valence-corrected chi connectivity index (χ0v) is 12.4. The topological polar surface area (TPSA) is 46.9 Å². The van der Waals surface area contributed by atoms with Gasteiger partial charge in [0.25, 0.3) is 5.91 Å². The number of rotatable bonds is 3. The van der Waals surface area contributed by atoms with E-state index in [4.69, 9.17) is 11.6 Å². The molecule has 3 aromatic rings. The third kappa shape index (κ3) is 3.37. The van der Waals surface area contributed by atoms with Crippen LogP contribution in [-0.4, -0.2) is 15.7 Å². The van der Waals surface area contributed by atoms with Crippen LogP contribution in [0.4, 0.5) is 14.5 Å². The third-order valence-electron chi connectivity index (χ3n) is 3.09. The molecule has 0 atom stereocenters. The second-order valence-electron chi connectivity index (χ2n) is 4.73. The van der Waals surface area contributed by atoms with E-state index in [1.807, 2.05) is 0 Å². The summed E-state index contributed by atoms with van der Waals surface area (Å²) in [4.78, 5) is 12.1. The molecule has 3 rings (SSSR count). The highest BCUT2D eigenvalue weighted by molar-refractivity contribution is 6.30. The van der Waals surface area contributed by atoms with E-state index in [-0.39, 0.29) is 11.3 Å². The van der Waals surface area contributed by atoms with Gasteiger partial charge in [0, 0.05) is 17.3 Å². The average Bonchev–Trinajstić information content (AvgIpc) is 3.01. The number of anilines is 1. The summed E-state index contributed by atoms with van der Waals surface area (Å²) in [6.07, 6.45) is 2.80. The molecular weight excluding hydrogens is 324 g/mol. The Morgan fingerprint density at radius 2 is 2.00 bits per heavy atom. The Kier molecular flexibility index (Phi) is 4.08. The van der Waals surface area contributed by atoms with E-state index >= 15 is 0 Å². The number of amides is 1. The van der Waals surface area contributed by atoms with Gasteiger partial charge in [-0.1, -0.05) is 17.7 Å². The van der Waals surface area contributed by atoms with E-state index in [2.05, 4.69) is 10.4 Å². The minimum absolute atomic E-state index is 0.202. The summed E-state index contributed by atoms with van der Waals surface area (Å²) in [5.41, 5.74) is 0.646. The Labute approximate surface area is 135 Å². The molecule has 0 aliphatic carbocycles. The number of carbonyl (C=O) groups excluding carboxylic acids is 1. The summed E-state index contributed by atoms with van der Waals surface area (Å²) in [7, 11) is 0. The molecule has 0 fully saturated rings. The standard InChI is InChI=1S/C16H10ClF2N3O/c17-11-2-1-3-13(6-11)22-9-10(8-20-22)16(23)21-15-7-12(18)4-5-14(15)19/h1-9H,(H,21,23). The van der Waals surface area contributed by atoms with Crippen molar-refractivity contribution in [2.45, 2.75) is 0 Å². The van der Waals surface area contributed by atoms with Crippen molar-refractivity contribution in [3.05, 3.63) is 77.1 Å². The molecule has 7 heteroatoms. The van der Waals surface area contributed by atoms with Crippen LogP contribution < -0.4 is 5.32 Å². The highest BCUT2D eigenvalue weighted by Gasteiger charge is 2.13. The quantitative estimate of drug-likeness (QED) is 0.785. The van der Waals surface area contributed by atoms with Gasteiger partial charge in [0.05, 0.1) is 23.1 Å². The SMILES string of the molecule is O=C(Nc1cc(F)ccc1F)c1cnn(-c2cccc(Cl)c2)c1. The monoisotopic (exact) mass is 333 g/mol. The van der Waals surface area contributed by atoms with Crippen LogP contribution in [0.2, 0.25) is 5.02 Å². The van der Waals surface area contributed by atoms with Gasteiger partial charge in [-0.05, 0) is 30.3 Å². The number of aromatic nitrogens is 2. The van der Waals surface area contributed by atoms with Gasteiger partial charge in [0.1, 0.15) is 11.6 Å². The molecule has 0 aliphatic rings. The Morgan fingerprint density at radius 1 is 1.17 bits per heavy atom. The molecule has 2 aromatic carbocycles. The number of nitrogens with one attached hydrogen (secondary N) is 1. The number of nitrogens with zero attached hydrogens (tertiary/aromatic N) is 2. The number of hydrogen-bond donors (Lipinski definition) is 1. The number of carbonyl (C=O) groups is 1. The van der Waals surface area contributed by atoms with Crippen LogP contribution in [0.5, 0.6) is 0 Å². The molecular formula is C16H10ClF2N3O. The van der Waals surface area contributed by atoms with Gasteiger partial charge in [-0.25, -0.2) is 13.5 Å².